The topological polar surface area (TPSA) is 0 Å². The van der Waals surface area contributed by atoms with Crippen molar-refractivity contribution in [1.82, 2.24) is 0 Å². The standard InChI is InChI=1S/C6H2Br3.Sn/c7-4-2-1-3-5(8)6(4)9;/h1-2H;. The van der Waals surface area contributed by atoms with E-state index >= 15 is 0 Å². The summed E-state index contributed by atoms with van der Waals surface area (Å²) in [6.45, 7) is 0. The molecule has 0 aromatic heterocycles. The van der Waals surface area contributed by atoms with E-state index in [4.69, 9.17) is 0 Å². The molecule has 0 nitrogen and oxygen atoms in total. The van der Waals surface area contributed by atoms with Crippen molar-refractivity contribution in [2.45, 2.75) is 0 Å². The molecule has 0 amide bonds. The minimum absolute atomic E-state index is 1.09. The Hall–Kier alpha value is 1.46. The summed E-state index contributed by atoms with van der Waals surface area (Å²) in [5.74, 6) is 0. The number of benzene rings is 1. The first-order chi connectivity index (χ1) is 4.63. The number of hydrogen-bond donors (Lipinski definition) is 0. The van der Waals surface area contributed by atoms with E-state index in [1.165, 1.54) is 26.1 Å². The molecule has 0 bridgehead atoms. The van der Waals surface area contributed by atoms with Crippen LogP contribution in [0, 0.1) is 0 Å². The Bertz CT molecular complexity index is 232. The summed E-state index contributed by atoms with van der Waals surface area (Å²) >= 11 is 11.8. The minimum atomic E-state index is 1.09. The van der Waals surface area contributed by atoms with Crippen molar-refractivity contribution in [3.63, 3.8) is 0 Å². The molecule has 51 valence electrons. The number of rotatable bonds is 0. The third kappa shape index (κ3) is 1.99. The van der Waals surface area contributed by atoms with Crippen molar-refractivity contribution in [3.8, 4) is 0 Å². The molecular weight excluding hydrogens is 430 g/mol. The number of halogens is 3. The van der Waals surface area contributed by atoms with E-state index in [0.717, 1.165) is 13.4 Å². The second kappa shape index (κ2) is 3.92. The monoisotopic (exact) mass is 431 g/mol. The maximum absolute atomic E-state index is 3.48. The van der Waals surface area contributed by atoms with Gasteiger partial charge in [0.05, 0.1) is 0 Å². The molecule has 0 aliphatic carbocycles. The second-order valence-corrected chi connectivity index (χ2v) is 5.70. The van der Waals surface area contributed by atoms with Gasteiger partial charge in [0.15, 0.2) is 0 Å². The second-order valence-electron chi connectivity index (χ2n) is 1.72. The molecular formula is C6H2Br3Sn. The van der Waals surface area contributed by atoms with Gasteiger partial charge in [-0.1, -0.05) is 0 Å². The summed E-state index contributed by atoms with van der Waals surface area (Å²) in [5.41, 5.74) is 0. The van der Waals surface area contributed by atoms with E-state index in [1.54, 1.807) is 0 Å². The summed E-state index contributed by atoms with van der Waals surface area (Å²) in [6.07, 6.45) is 0. The number of hydrogen-bond acceptors (Lipinski definition) is 0. The van der Waals surface area contributed by atoms with Gasteiger partial charge >= 0.3 is 99.4 Å². The Labute approximate surface area is 98.2 Å². The molecule has 10 heavy (non-hydrogen) atoms. The van der Waals surface area contributed by atoms with Gasteiger partial charge in [-0.15, -0.1) is 0 Å². The van der Waals surface area contributed by atoms with Crippen molar-refractivity contribution in [2.75, 3.05) is 0 Å². The fourth-order valence-electron chi connectivity index (χ4n) is 0.526. The molecule has 1 aromatic rings. The van der Waals surface area contributed by atoms with Crippen LogP contribution in [0.1, 0.15) is 0 Å². The van der Waals surface area contributed by atoms with Crippen LogP contribution < -0.4 is 3.58 Å². The maximum atomic E-state index is 3.48. The molecule has 3 radical (unpaired) electrons. The Morgan fingerprint density at radius 2 is 1.60 bits per heavy atom. The summed E-state index contributed by atoms with van der Waals surface area (Å²) in [7, 11) is 0. The molecule has 0 fully saturated rings. The van der Waals surface area contributed by atoms with E-state index in [9.17, 15) is 0 Å². The molecule has 0 atom stereocenters. The zero-order valence-corrected chi connectivity index (χ0v) is 12.4. The molecule has 4 heteroatoms. The van der Waals surface area contributed by atoms with Gasteiger partial charge in [-0.3, -0.25) is 0 Å². The van der Waals surface area contributed by atoms with E-state index < -0.39 is 0 Å². The van der Waals surface area contributed by atoms with Gasteiger partial charge in [-0.05, 0) is 0 Å². The normalized spacial score (nSPS) is 10.0. The van der Waals surface area contributed by atoms with Gasteiger partial charge in [0.2, 0.25) is 0 Å². The molecule has 1 aromatic carbocycles. The van der Waals surface area contributed by atoms with E-state index in [2.05, 4.69) is 53.9 Å². The molecule has 0 saturated carbocycles. The average molecular weight is 433 g/mol. The Kier molecular flexibility index (Phi) is 3.74. The van der Waals surface area contributed by atoms with E-state index in [-0.39, 0.29) is 0 Å². The SMILES string of the molecule is Brc1cc[c]([Sn])c(Br)c1Br. The third-order valence-electron chi connectivity index (χ3n) is 1.04. The van der Waals surface area contributed by atoms with Crippen LogP contribution in [0.4, 0.5) is 0 Å². The van der Waals surface area contributed by atoms with Gasteiger partial charge in [-0.2, -0.15) is 0 Å². The van der Waals surface area contributed by atoms with Crippen LogP contribution in [0.15, 0.2) is 25.6 Å². The van der Waals surface area contributed by atoms with E-state index in [0.29, 0.717) is 0 Å². The van der Waals surface area contributed by atoms with Crippen molar-refractivity contribution in [3.05, 3.63) is 25.6 Å². The predicted molar refractivity (Wildman–Crippen MR) is 54.9 cm³/mol. The van der Waals surface area contributed by atoms with Gasteiger partial charge in [0.1, 0.15) is 0 Å². The predicted octanol–water partition coefficient (Wildman–Crippen LogP) is 2.77. The Morgan fingerprint density at radius 3 is 2.10 bits per heavy atom. The van der Waals surface area contributed by atoms with Gasteiger partial charge in [0.25, 0.3) is 0 Å². The van der Waals surface area contributed by atoms with Crippen LogP contribution in [-0.2, 0) is 0 Å². The van der Waals surface area contributed by atoms with Gasteiger partial charge in [0, 0.05) is 0 Å². The van der Waals surface area contributed by atoms with Crippen LogP contribution in [0.2, 0.25) is 0 Å². The van der Waals surface area contributed by atoms with Crippen LogP contribution in [-0.4, -0.2) is 22.5 Å². The molecule has 0 saturated heterocycles. The van der Waals surface area contributed by atoms with Crippen molar-refractivity contribution in [1.29, 1.82) is 0 Å². The molecule has 0 N–H and O–H groups in total. The first-order valence-electron chi connectivity index (χ1n) is 2.48. The first-order valence-corrected chi connectivity index (χ1v) is 6.28. The van der Waals surface area contributed by atoms with Crippen molar-refractivity contribution >= 4 is 73.9 Å². The molecule has 1 rings (SSSR count). The Morgan fingerprint density at radius 1 is 1.00 bits per heavy atom. The summed E-state index contributed by atoms with van der Waals surface area (Å²) in [6, 6.07) is 4.14. The molecule has 0 heterocycles. The molecule has 0 spiro atoms. The van der Waals surface area contributed by atoms with Crippen LogP contribution >= 0.6 is 47.8 Å². The van der Waals surface area contributed by atoms with E-state index in [1.807, 2.05) is 6.07 Å². The van der Waals surface area contributed by atoms with Crippen LogP contribution in [0.5, 0.6) is 0 Å². The quantitative estimate of drug-likeness (QED) is 0.437. The van der Waals surface area contributed by atoms with Crippen molar-refractivity contribution < 1.29 is 0 Å². The average Bonchev–Trinajstić information content (AvgIpc) is 1.93. The van der Waals surface area contributed by atoms with Crippen molar-refractivity contribution in [2.24, 2.45) is 0 Å². The van der Waals surface area contributed by atoms with Gasteiger partial charge in [-0.25, -0.2) is 0 Å². The van der Waals surface area contributed by atoms with Crippen LogP contribution in [0.3, 0.4) is 0 Å². The summed E-state index contributed by atoms with van der Waals surface area (Å²) in [5, 5.41) is 0. The third-order valence-corrected chi connectivity index (χ3v) is 6.64. The first kappa shape index (κ1) is 9.55. The molecule has 0 unspecified atom stereocenters. The van der Waals surface area contributed by atoms with Crippen LogP contribution in [0.25, 0.3) is 0 Å². The zero-order valence-electron chi connectivity index (χ0n) is 4.79. The van der Waals surface area contributed by atoms with Gasteiger partial charge < -0.3 is 0 Å². The molecule has 0 aliphatic rings. The molecule has 0 aliphatic heterocycles. The zero-order chi connectivity index (χ0) is 7.72. The fourth-order valence-corrected chi connectivity index (χ4v) is 2.93. The summed E-state index contributed by atoms with van der Waals surface area (Å²) in [4.78, 5) is 0. The summed E-state index contributed by atoms with van der Waals surface area (Å²) < 4.78 is 4.66. The Balaban J connectivity index is 3.34. The fraction of sp³-hybridized carbons (Fsp3) is 0.